The smallest absolute Gasteiger partial charge is 0.222 e. The van der Waals surface area contributed by atoms with E-state index in [4.69, 9.17) is 0 Å². The van der Waals surface area contributed by atoms with Crippen LogP contribution in [0.3, 0.4) is 0 Å². The highest BCUT2D eigenvalue weighted by Crippen LogP contribution is 2.01. The first-order valence-electron chi connectivity index (χ1n) is 6.53. The van der Waals surface area contributed by atoms with Gasteiger partial charge in [-0.2, -0.15) is 0 Å². The molecule has 2 aromatic rings. The van der Waals surface area contributed by atoms with Gasteiger partial charge in [0, 0.05) is 50.0 Å². The van der Waals surface area contributed by atoms with Crippen molar-refractivity contribution in [2.45, 2.75) is 26.4 Å². The predicted molar refractivity (Wildman–Crippen MR) is 75.6 cm³/mol. The van der Waals surface area contributed by atoms with E-state index < -0.39 is 0 Å². The zero-order chi connectivity index (χ0) is 13.3. The first kappa shape index (κ1) is 13.4. The number of aromatic nitrogens is 3. The largest absolute Gasteiger partial charge is 0.354 e. The molecule has 0 saturated heterocycles. The molecule has 100 valence electrons. The van der Waals surface area contributed by atoms with Crippen LogP contribution < -0.4 is 10.6 Å². The standard InChI is InChI=1S/C14H19N5/c1-2-5-17-14-18-10-13(11-19-14)9-16-8-12-4-3-6-15-7-12/h3-4,6-7,10-11,16H,2,5,8-9H2,1H3,(H,17,18,19). The van der Waals surface area contributed by atoms with Crippen LogP contribution in [0.15, 0.2) is 36.9 Å². The van der Waals surface area contributed by atoms with Crippen LogP contribution in [0, 0.1) is 0 Å². The van der Waals surface area contributed by atoms with Crippen molar-refractivity contribution in [3.05, 3.63) is 48.0 Å². The van der Waals surface area contributed by atoms with Crippen molar-refractivity contribution in [1.29, 1.82) is 0 Å². The quantitative estimate of drug-likeness (QED) is 0.794. The lowest BCUT2D eigenvalue weighted by Crippen LogP contribution is -2.13. The van der Waals surface area contributed by atoms with Gasteiger partial charge in [0.15, 0.2) is 0 Å². The first-order chi connectivity index (χ1) is 9.38. The number of hydrogen-bond donors (Lipinski definition) is 2. The number of pyridine rings is 1. The molecule has 0 spiro atoms. The molecule has 5 nitrogen and oxygen atoms in total. The van der Waals surface area contributed by atoms with Crippen molar-refractivity contribution >= 4 is 5.95 Å². The number of nitrogens with zero attached hydrogens (tertiary/aromatic N) is 3. The Morgan fingerprint density at radius 2 is 1.84 bits per heavy atom. The third-order valence-corrected chi connectivity index (χ3v) is 2.62. The van der Waals surface area contributed by atoms with Gasteiger partial charge in [0.25, 0.3) is 0 Å². The summed E-state index contributed by atoms with van der Waals surface area (Å²) >= 11 is 0. The third-order valence-electron chi connectivity index (χ3n) is 2.62. The van der Waals surface area contributed by atoms with Gasteiger partial charge in [-0.15, -0.1) is 0 Å². The Morgan fingerprint density at radius 3 is 2.53 bits per heavy atom. The van der Waals surface area contributed by atoms with Crippen LogP contribution in [-0.2, 0) is 13.1 Å². The molecule has 0 aliphatic carbocycles. The summed E-state index contributed by atoms with van der Waals surface area (Å²) in [4.78, 5) is 12.6. The monoisotopic (exact) mass is 257 g/mol. The Hall–Kier alpha value is -2.01. The fourth-order valence-corrected chi connectivity index (χ4v) is 1.63. The number of hydrogen-bond acceptors (Lipinski definition) is 5. The summed E-state index contributed by atoms with van der Waals surface area (Å²) in [6.45, 7) is 4.56. The molecule has 0 atom stereocenters. The summed E-state index contributed by atoms with van der Waals surface area (Å²) in [5.74, 6) is 0.692. The highest BCUT2D eigenvalue weighted by Gasteiger charge is 1.97. The van der Waals surface area contributed by atoms with Gasteiger partial charge in [0.1, 0.15) is 0 Å². The van der Waals surface area contributed by atoms with Crippen LogP contribution in [0.4, 0.5) is 5.95 Å². The third kappa shape index (κ3) is 4.63. The van der Waals surface area contributed by atoms with E-state index in [1.807, 2.05) is 30.7 Å². The van der Waals surface area contributed by atoms with E-state index in [1.165, 1.54) is 5.56 Å². The molecule has 0 bridgehead atoms. The van der Waals surface area contributed by atoms with Crippen molar-refractivity contribution in [3.63, 3.8) is 0 Å². The van der Waals surface area contributed by atoms with Crippen LogP contribution in [0.2, 0.25) is 0 Å². The van der Waals surface area contributed by atoms with E-state index in [0.717, 1.165) is 31.6 Å². The molecule has 0 saturated carbocycles. The van der Waals surface area contributed by atoms with Gasteiger partial charge in [-0.25, -0.2) is 9.97 Å². The Morgan fingerprint density at radius 1 is 1.05 bits per heavy atom. The Balaban J connectivity index is 1.77. The second kappa shape index (κ2) is 7.43. The van der Waals surface area contributed by atoms with Crippen LogP contribution >= 0.6 is 0 Å². The van der Waals surface area contributed by atoms with Crippen LogP contribution in [0.5, 0.6) is 0 Å². The van der Waals surface area contributed by atoms with Crippen molar-refractivity contribution in [3.8, 4) is 0 Å². The van der Waals surface area contributed by atoms with Crippen molar-refractivity contribution < 1.29 is 0 Å². The summed E-state index contributed by atoms with van der Waals surface area (Å²) in [7, 11) is 0. The fraction of sp³-hybridized carbons (Fsp3) is 0.357. The summed E-state index contributed by atoms with van der Waals surface area (Å²) < 4.78 is 0. The van der Waals surface area contributed by atoms with E-state index >= 15 is 0 Å². The molecule has 0 radical (unpaired) electrons. The average molecular weight is 257 g/mol. The van der Waals surface area contributed by atoms with E-state index in [0.29, 0.717) is 5.95 Å². The molecule has 2 N–H and O–H groups in total. The lowest BCUT2D eigenvalue weighted by Gasteiger charge is -2.06. The molecule has 2 aromatic heterocycles. The Labute approximate surface area is 113 Å². The molecule has 0 aliphatic rings. The molecule has 0 unspecified atom stereocenters. The molecule has 0 aliphatic heterocycles. The second-order valence-corrected chi connectivity index (χ2v) is 4.31. The van der Waals surface area contributed by atoms with E-state index in [2.05, 4.69) is 32.5 Å². The molecule has 5 heteroatoms. The van der Waals surface area contributed by atoms with Crippen LogP contribution in [-0.4, -0.2) is 21.5 Å². The molecule has 0 aromatic carbocycles. The van der Waals surface area contributed by atoms with E-state index in [-0.39, 0.29) is 0 Å². The average Bonchev–Trinajstić information content (AvgIpc) is 2.47. The fourth-order valence-electron chi connectivity index (χ4n) is 1.63. The lowest BCUT2D eigenvalue weighted by atomic mass is 10.3. The zero-order valence-corrected chi connectivity index (χ0v) is 11.1. The molecular weight excluding hydrogens is 238 g/mol. The van der Waals surface area contributed by atoms with Crippen molar-refractivity contribution in [2.24, 2.45) is 0 Å². The SMILES string of the molecule is CCCNc1ncc(CNCc2cccnc2)cn1. The topological polar surface area (TPSA) is 62.7 Å². The maximum Gasteiger partial charge on any atom is 0.222 e. The van der Waals surface area contributed by atoms with Crippen LogP contribution in [0.1, 0.15) is 24.5 Å². The van der Waals surface area contributed by atoms with Gasteiger partial charge < -0.3 is 10.6 Å². The second-order valence-electron chi connectivity index (χ2n) is 4.31. The van der Waals surface area contributed by atoms with Crippen molar-refractivity contribution in [1.82, 2.24) is 20.3 Å². The minimum Gasteiger partial charge on any atom is -0.354 e. The van der Waals surface area contributed by atoms with Gasteiger partial charge in [-0.1, -0.05) is 13.0 Å². The minimum absolute atomic E-state index is 0.692. The van der Waals surface area contributed by atoms with Gasteiger partial charge in [-0.3, -0.25) is 4.98 Å². The van der Waals surface area contributed by atoms with E-state index in [1.54, 1.807) is 6.20 Å². The molecule has 0 fully saturated rings. The lowest BCUT2D eigenvalue weighted by molar-refractivity contribution is 0.687. The van der Waals surface area contributed by atoms with E-state index in [9.17, 15) is 0 Å². The highest BCUT2D eigenvalue weighted by atomic mass is 15.1. The normalized spacial score (nSPS) is 10.4. The Kier molecular flexibility index (Phi) is 5.25. The van der Waals surface area contributed by atoms with Gasteiger partial charge >= 0.3 is 0 Å². The summed E-state index contributed by atoms with van der Waals surface area (Å²) in [5, 5.41) is 6.49. The number of rotatable bonds is 7. The molecule has 0 amide bonds. The maximum absolute atomic E-state index is 4.27. The zero-order valence-electron chi connectivity index (χ0n) is 11.1. The van der Waals surface area contributed by atoms with Gasteiger partial charge in [0.2, 0.25) is 5.95 Å². The molecule has 2 rings (SSSR count). The highest BCUT2D eigenvalue weighted by molar-refractivity contribution is 5.24. The molecule has 2 heterocycles. The van der Waals surface area contributed by atoms with Crippen molar-refractivity contribution in [2.75, 3.05) is 11.9 Å². The maximum atomic E-state index is 4.27. The van der Waals surface area contributed by atoms with Gasteiger partial charge in [0.05, 0.1) is 0 Å². The number of nitrogens with one attached hydrogen (secondary N) is 2. The number of anilines is 1. The van der Waals surface area contributed by atoms with Crippen LogP contribution in [0.25, 0.3) is 0 Å². The molecular formula is C14H19N5. The first-order valence-corrected chi connectivity index (χ1v) is 6.53. The van der Waals surface area contributed by atoms with Gasteiger partial charge in [-0.05, 0) is 18.1 Å². The summed E-state index contributed by atoms with van der Waals surface area (Å²) in [6.07, 6.45) is 8.40. The summed E-state index contributed by atoms with van der Waals surface area (Å²) in [6, 6.07) is 3.99. The Bertz CT molecular complexity index is 469. The molecule has 19 heavy (non-hydrogen) atoms. The predicted octanol–water partition coefficient (Wildman–Crippen LogP) is 1.98. The summed E-state index contributed by atoms with van der Waals surface area (Å²) in [5.41, 5.74) is 2.25. The minimum atomic E-state index is 0.692.